The van der Waals surface area contributed by atoms with Crippen molar-refractivity contribution in [3.8, 4) is 11.5 Å². The third kappa shape index (κ3) is 4.42. The maximum Gasteiger partial charge on any atom is 0.251 e. The van der Waals surface area contributed by atoms with Gasteiger partial charge in [0.15, 0.2) is 11.5 Å². The fraction of sp³-hybridized carbons (Fsp3) is 0.462. The van der Waals surface area contributed by atoms with E-state index in [2.05, 4.69) is 5.32 Å². The number of amides is 1. The quantitative estimate of drug-likeness (QED) is 0.669. The molecular formula is C13H20N2O4. The Balaban J connectivity index is 2.73. The average molecular weight is 268 g/mol. The number of carbonyl (C=O) groups is 1. The smallest absolute Gasteiger partial charge is 0.251 e. The summed E-state index contributed by atoms with van der Waals surface area (Å²) in [6, 6.07) is 4.34. The number of hydrogen-bond donors (Lipinski definition) is 3. The fourth-order valence-electron chi connectivity index (χ4n) is 1.70. The van der Waals surface area contributed by atoms with Crippen LogP contribution in [0.25, 0.3) is 0 Å². The SMILES string of the molecule is COCC(CCN)NC(=O)c1ccc(OC)c(O)c1. The molecule has 0 spiro atoms. The summed E-state index contributed by atoms with van der Waals surface area (Å²) >= 11 is 0. The van der Waals surface area contributed by atoms with Gasteiger partial charge < -0.3 is 25.6 Å². The van der Waals surface area contributed by atoms with Crippen LogP contribution in [-0.4, -0.2) is 44.4 Å². The Kier molecular flexibility index (Phi) is 6.11. The van der Waals surface area contributed by atoms with E-state index in [9.17, 15) is 9.90 Å². The maximum absolute atomic E-state index is 12.0. The van der Waals surface area contributed by atoms with Gasteiger partial charge in [-0.15, -0.1) is 0 Å². The van der Waals surface area contributed by atoms with Crippen LogP contribution in [0.15, 0.2) is 18.2 Å². The van der Waals surface area contributed by atoms with Crippen molar-refractivity contribution in [1.29, 1.82) is 0 Å². The monoisotopic (exact) mass is 268 g/mol. The van der Waals surface area contributed by atoms with Crippen LogP contribution in [0.1, 0.15) is 16.8 Å². The van der Waals surface area contributed by atoms with Crippen molar-refractivity contribution in [3.63, 3.8) is 0 Å². The first-order valence-electron chi connectivity index (χ1n) is 5.99. The Morgan fingerprint density at radius 2 is 2.21 bits per heavy atom. The normalized spacial score (nSPS) is 11.9. The Morgan fingerprint density at radius 1 is 1.47 bits per heavy atom. The van der Waals surface area contributed by atoms with Crippen molar-refractivity contribution >= 4 is 5.91 Å². The number of carbonyl (C=O) groups excluding carboxylic acids is 1. The second-order valence-corrected chi connectivity index (χ2v) is 4.09. The number of hydrogen-bond acceptors (Lipinski definition) is 5. The number of aromatic hydroxyl groups is 1. The van der Waals surface area contributed by atoms with Gasteiger partial charge in [-0.25, -0.2) is 0 Å². The van der Waals surface area contributed by atoms with Crippen LogP contribution in [0.3, 0.4) is 0 Å². The van der Waals surface area contributed by atoms with Crippen LogP contribution in [0.4, 0.5) is 0 Å². The third-order valence-electron chi connectivity index (χ3n) is 2.66. The van der Waals surface area contributed by atoms with Gasteiger partial charge in [0, 0.05) is 12.7 Å². The van der Waals surface area contributed by atoms with Gasteiger partial charge >= 0.3 is 0 Å². The molecule has 0 fully saturated rings. The number of rotatable bonds is 7. The lowest BCUT2D eigenvalue weighted by Crippen LogP contribution is -2.39. The molecular weight excluding hydrogens is 248 g/mol. The lowest BCUT2D eigenvalue weighted by molar-refractivity contribution is 0.0893. The van der Waals surface area contributed by atoms with E-state index in [1.165, 1.54) is 13.2 Å². The molecule has 0 radical (unpaired) electrons. The largest absolute Gasteiger partial charge is 0.504 e. The Labute approximate surface area is 112 Å². The van der Waals surface area contributed by atoms with Crippen LogP contribution >= 0.6 is 0 Å². The maximum atomic E-state index is 12.0. The van der Waals surface area contributed by atoms with E-state index in [0.29, 0.717) is 30.9 Å². The number of benzene rings is 1. The molecule has 1 atom stereocenters. The van der Waals surface area contributed by atoms with Gasteiger partial charge in [-0.1, -0.05) is 0 Å². The molecule has 0 aliphatic carbocycles. The van der Waals surface area contributed by atoms with Crippen LogP contribution < -0.4 is 15.8 Å². The zero-order valence-electron chi connectivity index (χ0n) is 11.2. The number of nitrogens with one attached hydrogen (secondary N) is 1. The molecule has 0 aliphatic rings. The van der Waals surface area contributed by atoms with E-state index >= 15 is 0 Å². The topological polar surface area (TPSA) is 93.8 Å². The summed E-state index contributed by atoms with van der Waals surface area (Å²) in [7, 11) is 3.01. The summed E-state index contributed by atoms with van der Waals surface area (Å²) in [5, 5.41) is 12.4. The highest BCUT2D eigenvalue weighted by Gasteiger charge is 2.14. The number of phenols is 1. The average Bonchev–Trinajstić information content (AvgIpc) is 2.39. The first-order valence-corrected chi connectivity index (χ1v) is 5.99. The minimum absolute atomic E-state index is 0.0720. The molecule has 0 aliphatic heterocycles. The molecule has 0 heterocycles. The first-order chi connectivity index (χ1) is 9.12. The van der Waals surface area contributed by atoms with E-state index in [4.69, 9.17) is 15.2 Å². The standard InChI is InChI=1S/C13H20N2O4/c1-18-8-10(5-6-14)15-13(17)9-3-4-12(19-2)11(16)7-9/h3-4,7,10,16H,5-6,8,14H2,1-2H3,(H,15,17). The predicted octanol–water partition coefficient (Wildman–Crippen LogP) is 0.494. The molecule has 1 unspecified atom stereocenters. The van der Waals surface area contributed by atoms with Crippen molar-refractivity contribution < 1.29 is 19.4 Å². The molecule has 4 N–H and O–H groups in total. The summed E-state index contributed by atoms with van der Waals surface area (Å²) in [4.78, 5) is 12.0. The number of ether oxygens (including phenoxy) is 2. The van der Waals surface area contributed by atoms with Crippen molar-refractivity contribution in [3.05, 3.63) is 23.8 Å². The van der Waals surface area contributed by atoms with Crippen molar-refractivity contribution in [1.82, 2.24) is 5.32 Å². The lowest BCUT2D eigenvalue weighted by atomic mass is 10.1. The van der Waals surface area contributed by atoms with Crippen LogP contribution in [0.2, 0.25) is 0 Å². The van der Waals surface area contributed by atoms with Gasteiger partial charge in [0.2, 0.25) is 0 Å². The summed E-state index contributed by atoms with van der Waals surface area (Å²) in [6.45, 7) is 0.854. The van der Waals surface area contributed by atoms with E-state index in [1.807, 2.05) is 0 Å². The minimum atomic E-state index is -0.284. The van der Waals surface area contributed by atoms with Gasteiger partial charge in [0.1, 0.15) is 0 Å². The molecule has 0 aromatic heterocycles. The van der Waals surface area contributed by atoms with E-state index < -0.39 is 0 Å². The molecule has 1 aromatic rings. The second kappa shape index (κ2) is 7.60. The lowest BCUT2D eigenvalue weighted by Gasteiger charge is -2.17. The highest BCUT2D eigenvalue weighted by Crippen LogP contribution is 2.26. The zero-order chi connectivity index (χ0) is 14.3. The second-order valence-electron chi connectivity index (χ2n) is 4.09. The summed E-state index contributed by atoms with van der Waals surface area (Å²) in [5.74, 6) is -0.0299. The molecule has 19 heavy (non-hydrogen) atoms. The highest BCUT2D eigenvalue weighted by molar-refractivity contribution is 5.95. The zero-order valence-corrected chi connectivity index (χ0v) is 11.2. The van der Waals surface area contributed by atoms with E-state index in [1.54, 1.807) is 19.2 Å². The minimum Gasteiger partial charge on any atom is -0.504 e. The fourth-order valence-corrected chi connectivity index (χ4v) is 1.70. The Morgan fingerprint density at radius 3 is 2.74 bits per heavy atom. The molecule has 1 amide bonds. The molecule has 0 saturated carbocycles. The van der Waals surface area contributed by atoms with Gasteiger partial charge in [0.05, 0.1) is 19.8 Å². The van der Waals surface area contributed by atoms with E-state index in [0.717, 1.165) is 0 Å². The van der Waals surface area contributed by atoms with Crippen molar-refractivity contribution in [2.45, 2.75) is 12.5 Å². The summed E-state index contributed by atoms with van der Waals surface area (Å²) in [5.41, 5.74) is 5.83. The van der Waals surface area contributed by atoms with Gasteiger partial charge in [-0.3, -0.25) is 4.79 Å². The Hall–Kier alpha value is -1.79. The third-order valence-corrected chi connectivity index (χ3v) is 2.66. The number of methoxy groups -OCH3 is 2. The van der Waals surface area contributed by atoms with Crippen LogP contribution in [-0.2, 0) is 4.74 Å². The van der Waals surface area contributed by atoms with Gasteiger partial charge in [0.25, 0.3) is 5.91 Å². The predicted molar refractivity (Wildman–Crippen MR) is 71.5 cm³/mol. The van der Waals surface area contributed by atoms with Crippen LogP contribution in [0.5, 0.6) is 11.5 Å². The van der Waals surface area contributed by atoms with Gasteiger partial charge in [-0.05, 0) is 31.2 Å². The molecule has 1 aromatic carbocycles. The summed E-state index contributed by atoms with van der Waals surface area (Å²) < 4.78 is 9.93. The van der Waals surface area contributed by atoms with Crippen LogP contribution in [0, 0.1) is 0 Å². The van der Waals surface area contributed by atoms with Crippen molar-refractivity contribution in [2.75, 3.05) is 27.4 Å². The molecule has 106 valence electrons. The highest BCUT2D eigenvalue weighted by atomic mass is 16.5. The molecule has 0 bridgehead atoms. The summed E-state index contributed by atoms with van der Waals surface area (Å²) in [6.07, 6.45) is 0.627. The molecule has 1 rings (SSSR count). The van der Waals surface area contributed by atoms with Gasteiger partial charge in [-0.2, -0.15) is 0 Å². The molecule has 6 heteroatoms. The first kappa shape index (κ1) is 15.3. The molecule has 0 saturated heterocycles. The number of nitrogens with two attached hydrogens (primary N) is 1. The van der Waals surface area contributed by atoms with E-state index in [-0.39, 0.29) is 17.7 Å². The Bertz CT molecular complexity index is 417. The van der Waals surface area contributed by atoms with Crippen molar-refractivity contribution in [2.24, 2.45) is 5.73 Å². The molecule has 6 nitrogen and oxygen atoms in total. The number of phenolic OH excluding ortho intramolecular Hbond substituents is 1.